The van der Waals surface area contributed by atoms with Crippen molar-refractivity contribution in [1.29, 1.82) is 0 Å². The van der Waals surface area contributed by atoms with Gasteiger partial charge in [-0.15, -0.1) is 0 Å². The van der Waals surface area contributed by atoms with Crippen LogP contribution in [-0.2, 0) is 4.74 Å². The zero-order valence-corrected chi connectivity index (χ0v) is 19.9. The van der Waals surface area contributed by atoms with Crippen molar-refractivity contribution >= 4 is 23.6 Å². The molecule has 0 unspecified atom stereocenters. The predicted molar refractivity (Wildman–Crippen MR) is 119 cm³/mol. The minimum absolute atomic E-state index is 0.202. The van der Waals surface area contributed by atoms with Crippen LogP contribution < -0.4 is 9.47 Å². The van der Waals surface area contributed by atoms with Crippen LogP contribution in [0.2, 0.25) is 5.15 Å². The molecular formula is C22H31ClN4O5. The van der Waals surface area contributed by atoms with E-state index in [2.05, 4.69) is 16.9 Å². The maximum atomic E-state index is 13.5. The van der Waals surface area contributed by atoms with E-state index in [-0.39, 0.29) is 41.7 Å². The number of nitrogens with zero attached hydrogens (tertiary/aromatic N) is 4. The first-order valence-corrected chi connectivity index (χ1v) is 11.5. The van der Waals surface area contributed by atoms with Gasteiger partial charge in [-0.25, -0.2) is 9.78 Å². The normalized spacial score (nSPS) is 23.8. The number of carbonyl (C=O) groups is 2. The highest BCUT2D eigenvalue weighted by Gasteiger charge is 2.40. The zero-order valence-electron chi connectivity index (χ0n) is 19.1. The highest BCUT2D eigenvalue weighted by molar-refractivity contribution is 6.29. The van der Waals surface area contributed by atoms with Crippen molar-refractivity contribution in [3.8, 4) is 11.6 Å². The molecule has 1 aromatic heterocycles. The number of hydrogen-bond acceptors (Lipinski definition) is 7. The maximum absolute atomic E-state index is 13.5. The summed E-state index contributed by atoms with van der Waals surface area (Å²) >= 11 is 6.21. The van der Waals surface area contributed by atoms with Crippen LogP contribution >= 0.6 is 11.6 Å². The molecule has 4 heterocycles. The number of halogens is 1. The minimum atomic E-state index is -0.581. The number of likely N-dealkylation sites (tertiary alicyclic amines) is 1. The molecule has 2 amide bonds. The van der Waals surface area contributed by atoms with Crippen molar-refractivity contribution in [2.45, 2.75) is 51.3 Å². The van der Waals surface area contributed by atoms with Crippen molar-refractivity contribution < 1.29 is 23.8 Å². The van der Waals surface area contributed by atoms with E-state index in [4.69, 9.17) is 25.8 Å². The highest BCUT2D eigenvalue weighted by Crippen LogP contribution is 2.35. The number of likely N-dealkylation sites (N-methyl/N-ethyl adjacent to an activating group) is 1. The largest absolute Gasteiger partial charge is 0.490 e. The van der Waals surface area contributed by atoms with Gasteiger partial charge in [-0.1, -0.05) is 11.6 Å². The molecule has 176 valence electrons. The number of amides is 2. The van der Waals surface area contributed by atoms with Crippen LogP contribution in [0.25, 0.3) is 0 Å². The number of rotatable bonds is 3. The molecule has 4 rings (SSSR count). The Morgan fingerprint density at radius 2 is 2.09 bits per heavy atom. The van der Waals surface area contributed by atoms with Crippen molar-refractivity contribution in [1.82, 2.24) is 19.7 Å². The Morgan fingerprint density at radius 1 is 1.31 bits per heavy atom. The van der Waals surface area contributed by atoms with Crippen LogP contribution in [0.1, 0.15) is 44.0 Å². The minimum Gasteiger partial charge on any atom is -0.490 e. The van der Waals surface area contributed by atoms with E-state index >= 15 is 0 Å². The average molecular weight is 467 g/mol. The van der Waals surface area contributed by atoms with Gasteiger partial charge in [0.2, 0.25) is 5.88 Å². The molecule has 0 saturated carbocycles. The second-order valence-corrected chi connectivity index (χ2v) is 9.99. The summed E-state index contributed by atoms with van der Waals surface area (Å²) in [7, 11) is 2.07. The van der Waals surface area contributed by atoms with Gasteiger partial charge in [0.15, 0.2) is 0 Å². The first-order chi connectivity index (χ1) is 15.1. The summed E-state index contributed by atoms with van der Waals surface area (Å²) in [6.45, 7) is 8.28. The van der Waals surface area contributed by atoms with E-state index in [0.29, 0.717) is 37.6 Å². The van der Waals surface area contributed by atoms with Gasteiger partial charge >= 0.3 is 6.09 Å². The van der Waals surface area contributed by atoms with E-state index in [9.17, 15) is 9.59 Å². The van der Waals surface area contributed by atoms with Gasteiger partial charge in [-0.3, -0.25) is 4.79 Å². The lowest BCUT2D eigenvalue weighted by molar-refractivity contribution is 0.000896. The second kappa shape index (κ2) is 8.94. The topological polar surface area (TPSA) is 84.4 Å². The lowest BCUT2D eigenvalue weighted by Gasteiger charge is -2.40. The average Bonchev–Trinajstić information content (AvgIpc) is 3.07. The molecule has 2 saturated heterocycles. The Kier molecular flexibility index (Phi) is 6.40. The van der Waals surface area contributed by atoms with E-state index in [1.807, 2.05) is 20.8 Å². The lowest BCUT2D eigenvalue weighted by atomic mass is 10.1. The van der Waals surface area contributed by atoms with E-state index in [1.54, 1.807) is 15.9 Å². The molecule has 9 nitrogen and oxygen atoms in total. The summed E-state index contributed by atoms with van der Waals surface area (Å²) in [5.41, 5.74) is -0.286. The van der Waals surface area contributed by atoms with Gasteiger partial charge in [0.25, 0.3) is 5.91 Å². The highest BCUT2D eigenvalue weighted by atomic mass is 35.5. The summed E-state index contributed by atoms with van der Waals surface area (Å²) in [5.74, 6) is 0.348. The Labute approximate surface area is 193 Å². The predicted octanol–water partition coefficient (Wildman–Crippen LogP) is 2.66. The molecule has 0 N–H and O–H groups in total. The summed E-state index contributed by atoms with van der Waals surface area (Å²) < 4.78 is 17.5. The van der Waals surface area contributed by atoms with Crippen molar-refractivity contribution in [2.24, 2.45) is 0 Å². The van der Waals surface area contributed by atoms with Crippen LogP contribution in [0.3, 0.4) is 0 Å². The zero-order chi connectivity index (χ0) is 23.0. The molecule has 0 aliphatic carbocycles. The number of hydrogen-bond donors (Lipinski definition) is 0. The van der Waals surface area contributed by atoms with Crippen molar-refractivity contribution in [3.05, 3.63) is 16.8 Å². The van der Waals surface area contributed by atoms with Crippen LogP contribution in [0.15, 0.2) is 6.07 Å². The number of pyridine rings is 1. The van der Waals surface area contributed by atoms with E-state index in [1.165, 1.54) is 0 Å². The number of ether oxygens (including phenoxy) is 3. The summed E-state index contributed by atoms with van der Waals surface area (Å²) in [6.07, 6.45) is 1.77. The monoisotopic (exact) mass is 466 g/mol. The number of aromatic nitrogens is 1. The number of fused-ring (bicyclic) bond motifs is 2. The van der Waals surface area contributed by atoms with Crippen LogP contribution in [-0.4, -0.2) is 95.8 Å². The van der Waals surface area contributed by atoms with Crippen molar-refractivity contribution in [2.75, 3.05) is 46.4 Å². The smallest absolute Gasteiger partial charge is 0.410 e. The van der Waals surface area contributed by atoms with Gasteiger partial charge in [0, 0.05) is 31.7 Å². The molecule has 0 aromatic carbocycles. The molecule has 32 heavy (non-hydrogen) atoms. The van der Waals surface area contributed by atoms with E-state index in [0.717, 1.165) is 19.4 Å². The molecule has 0 bridgehead atoms. The molecule has 0 radical (unpaired) electrons. The Morgan fingerprint density at radius 3 is 2.78 bits per heavy atom. The van der Waals surface area contributed by atoms with Gasteiger partial charge in [-0.05, 0) is 47.2 Å². The number of carbonyl (C=O) groups excluding carboxylic acids is 2. The summed E-state index contributed by atoms with van der Waals surface area (Å²) in [5, 5.41) is 0.210. The standard InChI is InChI=1S/C22H31ClN4O5/c1-22(2,3)32-21(29)26-8-9-27-15(11-26)13-30-16-10-17(23)24-19(18(16)20(27)28)31-12-14-6-5-7-25(14)4/h10,14-15H,5-9,11-13H2,1-4H3/t14-,15+/m0/s1. The third kappa shape index (κ3) is 4.88. The first-order valence-electron chi connectivity index (χ1n) is 11.1. The molecule has 0 spiro atoms. The SMILES string of the molecule is CN1CCC[C@H]1COc1nc(Cl)cc2c1C(=O)N1CCN(C(=O)OC(C)(C)C)C[C@@H]1CO2. The summed E-state index contributed by atoms with van der Waals surface area (Å²) in [4.78, 5) is 35.9. The van der Waals surface area contributed by atoms with Gasteiger partial charge in [0.1, 0.15) is 35.3 Å². The van der Waals surface area contributed by atoms with Crippen LogP contribution in [0, 0.1) is 0 Å². The number of piperazine rings is 1. The Hall–Kier alpha value is -2.26. The fourth-order valence-corrected chi connectivity index (χ4v) is 4.51. The Balaban J connectivity index is 1.52. The molecular weight excluding hydrogens is 436 g/mol. The van der Waals surface area contributed by atoms with Gasteiger partial charge in [-0.2, -0.15) is 0 Å². The fourth-order valence-electron chi connectivity index (χ4n) is 4.34. The Bertz CT molecular complexity index is 890. The van der Waals surface area contributed by atoms with Crippen molar-refractivity contribution in [3.63, 3.8) is 0 Å². The molecule has 2 fully saturated rings. The second-order valence-electron chi connectivity index (χ2n) is 9.60. The van der Waals surface area contributed by atoms with Gasteiger partial charge < -0.3 is 28.9 Å². The molecule has 1 aromatic rings. The molecule has 10 heteroatoms. The van der Waals surface area contributed by atoms with Gasteiger partial charge in [0.05, 0.1) is 6.04 Å². The summed E-state index contributed by atoms with van der Waals surface area (Å²) in [6, 6.07) is 1.52. The molecule has 3 aliphatic rings. The van der Waals surface area contributed by atoms with Crippen LogP contribution in [0.5, 0.6) is 11.6 Å². The molecule has 2 atom stereocenters. The van der Waals surface area contributed by atoms with E-state index < -0.39 is 5.60 Å². The fraction of sp³-hybridized carbons (Fsp3) is 0.682. The third-order valence-corrected chi connectivity index (χ3v) is 6.24. The quantitative estimate of drug-likeness (QED) is 0.633. The van der Waals surface area contributed by atoms with Crippen LogP contribution in [0.4, 0.5) is 4.79 Å². The first kappa shape index (κ1) is 22.9. The molecule has 3 aliphatic heterocycles. The maximum Gasteiger partial charge on any atom is 0.410 e. The lowest BCUT2D eigenvalue weighted by Crippen LogP contribution is -2.58. The third-order valence-electron chi connectivity index (χ3n) is 6.04.